The topological polar surface area (TPSA) is 22.0 Å². The lowest BCUT2D eigenvalue weighted by Gasteiger charge is -2.08. The standard InChI is InChI=1S/C25H18ClNO/c26-23-11-5-10-21(16-23)18-27-15-14-22-13-12-20(17-24(22)25(27)28)9-4-8-19-6-2-1-3-7-19/h1-3,5-7,10-17H,8,18H2. The van der Waals surface area contributed by atoms with Crippen LogP contribution in [0.5, 0.6) is 0 Å². The lowest BCUT2D eigenvalue weighted by Crippen LogP contribution is -2.20. The van der Waals surface area contributed by atoms with Gasteiger partial charge >= 0.3 is 0 Å². The largest absolute Gasteiger partial charge is 0.311 e. The summed E-state index contributed by atoms with van der Waals surface area (Å²) in [6.07, 6.45) is 2.51. The van der Waals surface area contributed by atoms with Crippen molar-refractivity contribution in [2.45, 2.75) is 13.0 Å². The molecule has 0 spiro atoms. The maximum atomic E-state index is 12.9. The van der Waals surface area contributed by atoms with Crippen LogP contribution in [0.1, 0.15) is 16.7 Å². The molecule has 1 heterocycles. The van der Waals surface area contributed by atoms with Crippen molar-refractivity contribution in [2.24, 2.45) is 0 Å². The molecule has 0 unspecified atom stereocenters. The van der Waals surface area contributed by atoms with Gasteiger partial charge in [0.25, 0.3) is 5.56 Å². The van der Waals surface area contributed by atoms with Gasteiger partial charge in [-0.05, 0) is 46.8 Å². The molecule has 0 atom stereocenters. The van der Waals surface area contributed by atoms with Crippen LogP contribution in [0.15, 0.2) is 89.9 Å². The van der Waals surface area contributed by atoms with E-state index in [-0.39, 0.29) is 5.56 Å². The number of hydrogen-bond acceptors (Lipinski definition) is 1. The van der Waals surface area contributed by atoms with Crippen molar-refractivity contribution in [1.82, 2.24) is 4.57 Å². The summed E-state index contributed by atoms with van der Waals surface area (Å²) in [6.45, 7) is 0.485. The highest BCUT2D eigenvalue weighted by molar-refractivity contribution is 6.30. The molecule has 0 saturated carbocycles. The van der Waals surface area contributed by atoms with Gasteiger partial charge in [0.05, 0.1) is 6.54 Å². The van der Waals surface area contributed by atoms with Crippen LogP contribution >= 0.6 is 11.6 Å². The number of pyridine rings is 1. The van der Waals surface area contributed by atoms with Crippen LogP contribution in [0, 0.1) is 11.8 Å². The second-order valence-corrected chi connectivity index (χ2v) is 7.08. The molecule has 4 rings (SSSR count). The summed E-state index contributed by atoms with van der Waals surface area (Å²) in [4.78, 5) is 12.9. The number of hydrogen-bond donors (Lipinski definition) is 0. The van der Waals surface area contributed by atoms with Crippen molar-refractivity contribution in [3.8, 4) is 11.8 Å². The van der Waals surface area contributed by atoms with E-state index in [9.17, 15) is 4.79 Å². The third-order valence-corrected chi connectivity index (χ3v) is 4.82. The number of nitrogens with zero attached hydrogens (tertiary/aromatic N) is 1. The number of benzene rings is 3. The highest BCUT2D eigenvalue weighted by Crippen LogP contribution is 2.14. The molecule has 4 aromatic rings. The Morgan fingerprint density at radius 1 is 0.857 bits per heavy atom. The summed E-state index contributed by atoms with van der Waals surface area (Å²) in [5.74, 6) is 6.36. The van der Waals surface area contributed by atoms with Gasteiger partial charge in [-0.3, -0.25) is 4.79 Å². The summed E-state index contributed by atoms with van der Waals surface area (Å²) in [5, 5.41) is 2.26. The van der Waals surface area contributed by atoms with Crippen LogP contribution in [0.2, 0.25) is 5.02 Å². The molecule has 0 aliphatic carbocycles. The molecule has 0 N–H and O–H groups in total. The summed E-state index contributed by atoms with van der Waals surface area (Å²) in [5.41, 5.74) is 3.00. The van der Waals surface area contributed by atoms with E-state index >= 15 is 0 Å². The molecule has 28 heavy (non-hydrogen) atoms. The molecule has 3 aromatic carbocycles. The fraction of sp³-hybridized carbons (Fsp3) is 0.0800. The molecule has 3 heteroatoms. The van der Waals surface area contributed by atoms with Crippen molar-refractivity contribution in [1.29, 1.82) is 0 Å². The first-order valence-electron chi connectivity index (χ1n) is 9.09. The Bertz CT molecular complexity index is 1250. The molecule has 0 aliphatic rings. The van der Waals surface area contributed by atoms with Crippen molar-refractivity contribution in [3.05, 3.63) is 117 Å². The van der Waals surface area contributed by atoms with Crippen molar-refractivity contribution < 1.29 is 0 Å². The monoisotopic (exact) mass is 383 g/mol. The first kappa shape index (κ1) is 18.1. The summed E-state index contributed by atoms with van der Waals surface area (Å²) in [6, 6.07) is 25.4. The van der Waals surface area contributed by atoms with E-state index in [1.54, 1.807) is 4.57 Å². The van der Waals surface area contributed by atoms with Gasteiger partial charge in [-0.1, -0.05) is 72.0 Å². The van der Waals surface area contributed by atoms with Gasteiger partial charge in [-0.25, -0.2) is 0 Å². The van der Waals surface area contributed by atoms with Crippen LogP contribution in [0.25, 0.3) is 10.8 Å². The van der Waals surface area contributed by atoms with E-state index in [0.29, 0.717) is 23.4 Å². The molecule has 2 nitrogen and oxygen atoms in total. The van der Waals surface area contributed by atoms with Crippen LogP contribution < -0.4 is 5.56 Å². The highest BCUT2D eigenvalue weighted by atomic mass is 35.5. The lowest BCUT2D eigenvalue weighted by atomic mass is 10.1. The molecule has 1 aromatic heterocycles. The number of halogens is 1. The van der Waals surface area contributed by atoms with Gasteiger partial charge in [-0.2, -0.15) is 0 Å². The minimum absolute atomic E-state index is 0.0239. The number of aromatic nitrogens is 1. The van der Waals surface area contributed by atoms with Gasteiger partial charge in [-0.15, -0.1) is 0 Å². The fourth-order valence-electron chi connectivity index (χ4n) is 3.16. The summed E-state index contributed by atoms with van der Waals surface area (Å²) in [7, 11) is 0. The third-order valence-electron chi connectivity index (χ3n) is 4.59. The lowest BCUT2D eigenvalue weighted by molar-refractivity contribution is 0.768. The Labute approximate surface area is 169 Å². The average molecular weight is 384 g/mol. The Balaban J connectivity index is 1.63. The zero-order valence-electron chi connectivity index (χ0n) is 15.2. The van der Waals surface area contributed by atoms with Crippen molar-refractivity contribution >= 4 is 22.4 Å². The molecule has 0 bridgehead atoms. The van der Waals surface area contributed by atoms with Gasteiger partial charge < -0.3 is 4.57 Å². The second-order valence-electron chi connectivity index (χ2n) is 6.64. The van der Waals surface area contributed by atoms with E-state index < -0.39 is 0 Å². The van der Waals surface area contributed by atoms with Crippen molar-refractivity contribution in [2.75, 3.05) is 0 Å². The van der Waals surface area contributed by atoms with Crippen LogP contribution in [-0.4, -0.2) is 4.57 Å². The molecule has 0 radical (unpaired) electrons. The van der Waals surface area contributed by atoms with Gasteiger partial charge in [0.15, 0.2) is 0 Å². The number of fused-ring (bicyclic) bond motifs is 1. The molecular formula is C25H18ClNO. The van der Waals surface area contributed by atoms with E-state index in [1.807, 2.05) is 72.9 Å². The van der Waals surface area contributed by atoms with E-state index in [2.05, 4.69) is 24.0 Å². The maximum absolute atomic E-state index is 12.9. The van der Waals surface area contributed by atoms with Gasteiger partial charge in [0.2, 0.25) is 0 Å². The molecular weight excluding hydrogens is 366 g/mol. The quantitative estimate of drug-likeness (QED) is 0.440. The van der Waals surface area contributed by atoms with E-state index in [0.717, 1.165) is 16.5 Å². The minimum Gasteiger partial charge on any atom is -0.311 e. The molecule has 0 fully saturated rings. The Hall–Kier alpha value is -3.28. The first-order chi connectivity index (χ1) is 13.7. The Morgan fingerprint density at radius 3 is 2.50 bits per heavy atom. The molecule has 0 amide bonds. The normalized spacial score (nSPS) is 10.5. The zero-order chi connectivity index (χ0) is 19.3. The first-order valence-corrected chi connectivity index (χ1v) is 9.47. The van der Waals surface area contributed by atoms with Crippen LogP contribution in [0.3, 0.4) is 0 Å². The number of rotatable bonds is 3. The molecule has 0 aliphatic heterocycles. The van der Waals surface area contributed by atoms with E-state index in [4.69, 9.17) is 11.6 Å². The summed E-state index contributed by atoms with van der Waals surface area (Å²) >= 11 is 6.06. The van der Waals surface area contributed by atoms with Gasteiger partial charge in [0, 0.05) is 28.6 Å². The average Bonchev–Trinajstić information content (AvgIpc) is 2.71. The second kappa shape index (κ2) is 8.17. The smallest absolute Gasteiger partial charge is 0.258 e. The minimum atomic E-state index is -0.0239. The fourth-order valence-corrected chi connectivity index (χ4v) is 3.37. The van der Waals surface area contributed by atoms with E-state index in [1.165, 1.54) is 5.56 Å². The zero-order valence-corrected chi connectivity index (χ0v) is 16.0. The molecule has 0 saturated heterocycles. The highest BCUT2D eigenvalue weighted by Gasteiger charge is 2.05. The van der Waals surface area contributed by atoms with Gasteiger partial charge in [0.1, 0.15) is 0 Å². The SMILES string of the molecule is O=c1c2cc(C#CCc3ccccc3)ccc2ccn1Cc1cccc(Cl)c1. The maximum Gasteiger partial charge on any atom is 0.258 e. The Morgan fingerprint density at radius 2 is 1.68 bits per heavy atom. The Kier molecular flexibility index (Phi) is 5.28. The molecule has 136 valence electrons. The predicted molar refractivity (Wildman–Crippen MR) is 116 cm³/mol. The third kappa shape index (κ3) is 4.17. The summed E-state index contributed by atoms with van der Waals surface area (Å²) < 4.78 is 1.70. The van der Waals surface area contributed by atoms with Crippen LogP contribution in [0.4, 0.5) is 0 Å². The van der Waals surface area contributed by atoms with Crippen molar-refractivity contribution in [3.63, 3.8) is 0 Å². The van der Waals surface area contributed by atoms with Crippen LogP contribution in [-0.2, 0) is 13.0 Å². The predicted octanol–water partition coefficient (Wildman–Crippen LogP) is 5.30.